The van der Waals surface area contributed by atoms with Gasteiger partial charge in [0.15, 0.2) is 6.61 Å². The number of hydrogen-bond acceptors (Lipinski definition) is 8. The van der Waals surface area contributed by atoms with Crippen molar-refractivity contribution >= 4 is 68.4 Å². The van der Waals surface area contributed by atoms with Crippen LogP contribution in [0.25, 0.3) is 0 Å². The topological polar surface area (TPSA) is 146 Å². The molecule has 2 bridgehead atoms. The van der Waals surface area contributed by atoms with E-state index >= 15 is 0 Å². The van der Waals surface area contributed by atoms with E-state index in [0.29, 0.717) is 27.2 Å². The third-order valence-electron chi connectivity index (χ3n) is 9.64. The van der Waals surface area contributed by atoms with E-state index < -0.39 is 65.8 Å². The van der Waals surface area contributed by atoms with Crippen LogP contribution < -0.4 is 14.9 Å². The average Bonchev–Trinajstić information content (AvgIpc) is 3.74. The van der Waals surface area contributed by atoms with Gasteiger partial charge in [-0.25, -0.2) is 4.79 Å². The van der Waals surface area contributed by atoms with Gasteiger partial charge in [-0.2, -0.15) is 13.2 Å². The maximum absolute atomic E-state index is 13.7. The molecule has 8 atom stereocenters. The van der Waals surface area contributed by atoms with Crippen molar-refractivity contribution in [3.63, 3.8) is 0 Å². The van der Waals surface area contributed by atoms with Crippen molar-refractivity contribution in [3.05, 3.63) is 72.6 Å². The molecule has 3 aromatic rings. The first-order chi connectivity index (χ1) is 22.2. The number of rotatable bonds is 7. The smallest absolute Gasteiger partial charge is 0.416 e. The fourth-order valence-electron chi connectivity index (χ4n) is 7.89. The number of carboxylic acids is 1. The SMILES string of the molecule is CC(C(=O)O)N1C(=O)C2C3CC(C2C1=O)C1C3Sc2[nH]c(=O)sc2[C@@H]1c1cc(Br)ccc1OCC(=O)Nc1cccc(C(F)(F)F)c1. The molecule has 1 aromatic heterocycles. The minimum atomic E-state index is -4.58. The number of likely N-dealkylation sites (tertiary alicyclic amines) is 1. The van der Waals surface area contributed by atoms with Crippen LogP contribution >= 0.6 is 39.0 Å². The zero-order chi connectivity index (χ0) is 33.5. The Balaban J connectivity index is 1.21. The van der Waals surface area contributed by atoms with Gasteiger partial charge in [-0.15, -0.1) is 11.8 Å². The van der Waals surface area contributed by atoms with Gasteiger partial charge in [-0.1, -0.05) is 33.3 Å². The van der Waals surface area contributed by atoms with E-state index in [4.69, 9.17) is 4.74 Å². The average molecular weight is 753 g/mol. The van der Waals surface area contributed by atoms with Crippen LogP contribution in [0, 0.1) is 29.6 Å². The third kappa shape index (κ3) is 5.28. The second-order valence-corrected chi connectivity index (χ2v) is 15.2. The normalized spacial score (nSPS) is 28.1. The number of alkyl halides is 3. The Hall–Kier alpha value is -3.63. The summed E-state index contributed by atoms with van der Waals surface area (Å²) in [6.45, 7) is 0.796. The highest BCUT2D eigenvalue weighted by atomic mass is 79.9. The van der Waals surface area contributed by atoms with Crippen LogP contribution in [0.1, 0.15) is 35.3 Å². The van der Waals surface area contributed by atoms with Crippen molar-refractivity contribution in [1.82, 2.24) is 9.88 Å². The Morgan fingerprint density at radius 2 is 1.85 bits per heavy atom. The van der Waals surface area contributed by atoms with Crippen molar-refractivity contribution in [1.29, 1.82) is 0 Å². The predicted molar refractivity (Wildman–Crippen MR) is 167 cm³/mol. The highest BCUT2D eigenvalue weighted by molar-refractivity contribution is 9.10. The first-order valence-corrected chi connectivity index (χ1v) is 17.1. The molecule has 246 valence electrons. The Morgan fingerprint density at radius 1 is 1.13 bits per heavy atom. The molecule has 3 amide bonds. The molecule has 47 heavy (non-hydrogen) atoms. The molecular formula is C31H25BrF3N3O7S2. The highest BCUT2D eigenvalue weighted by Gasteiger charge is 2.70. The number of anilines is 1. The van der Waals surface area contributed by atoms with Crippen molar-refractivity contribution in [2.45, 2.75) is 41.8 Å². The van der Waals surface area contributed by atoms with Crippen LogP contribution in [0.5, 0.6) is 5.75 Å². The van der Waals surface area contributed by atoms with E-state index in [1.54, 1.807) is 12.1 Å². The molecule has 2 aliphatic heterocycles. The summed E-state index contributed by atoms with van der Waals surface area (Å²) < 4.78 is 46.1. The summed E-state index contributed by atoms with van der Waals surface area (Å²) in [6.07, 6.45) is -3.99. The van der Waals surface area contributed by atoms with Crippen LogP contribution in [0.4, 0.5) is 18.9 Å². The Morgan fingerprint density at radius 3 is 2.55 bits per heavy atom. The number of thioether (sulfide) groups is 1. The van der Waals surface area contributed by atoms with Gasteiger partial charge in [0.05, 0.1) is 22.4 Å². The van der Waals surface area contributed by atoms with Gasteiger partial charge in [-0.05, 0) is 67.5 Å². The van der Waals surface area contributed by atoms with Crippen LogP contribution in [0.2, 0.25) is 0 Å². The van der Waals surface area contributed by atoms with Crippen molar-refractivity contribution in [3.8, 4) is 5.75 Å². The van der Waals surface area contributed by atoms with E-state index in [1.807, 2.05) is 6.07 Å². The number of nitrogens with one attached hydrogen (secondary N) is 2. The summed E-state index contributed by atoms with van der Waals surface area (Å²) in [6, 6.07) is 8.13. The second-order valence-electron chi connectivity index (χ2n) is 12.1. The van der Waals surface area contributed by atoms with Crippen LogP contribution in [-0.4, -0.2) is 56.6 Å². The number of aliphatic carboxylic acids is 1. The van der Waals surface area contributed by atoms with Crippen LogP contribution in [-0.2, 0) is 25.4 Å². The lowest BCUT2D eigenvalue weighted by Gasteiger charge is -2.43. The molecule has 3 fully saturated rings. The largest absolute Gasteiger partial charge is 0.483 e. The number of H-pyrrole nitrogens is 1. The van der Waals surface area contributed by atoms with E-state index in [0.717, 1.165) is 33.2 Å². The first kappa shape index (κ1) is 31.9. The van der Waals surface area contributed by atoms with Gasteiger partial charge < -0.3 is 20.1 Å². The maximum atomic E-state index is 13.7. The van der Waals surface area contributed by atoms with E-state index in [-0.39, 0.29) is 33.6 Å². The molecule has 2 aliphatic carbocycles. The quantitative estimate of drug-likeness (QED) is 0.280. The highest BCUT2D eigenvalue weighted by Crippen LogP contribution is 2.69. The van der Waals surface area contributed by atoms with Crippen molar-refractivity contribution in [2.75, 3.05) is 11.9 Å². The molecule has 7 rings (SSSR count). The van der Waals surface area contributed by atoms with Gasteiger partial charge in [0.2, 0.25) is 11.8 Å². The molecule has 3 N–H and O–H groups in total. The summed E-state index contributed by atoms with van der Waals surface area (Å²) >= 11 is 6.02. The minimum absolute atomic E-state index is 0.0445. The van der Waals surface area contributed by atoms with Crippen LogP contribution in [0.3, 0.4) is 0 Å². The summed E-state index contributed by atoms with van der Waals surface area (Å²) in [5.74, 6) is -5.14. The molecule has 16 heteroatoms. The lowest BCUT2D eigenvalue weighted by molar-refractivity contribution is -0.154. The van der Waals surface area contributed by atoms with Gasteiger partial charge in [-0.3, -0.25) is 24.1 Å². The summed E-state index contributed by atoms with van der Waals surface area (Å²) in [4.78, 5) is 68.7. The first-order valence-electron chi connectivity index (χ1n) is 14.6. The van der Waals surface area contributed by atoms with Gasteiger partial charge in [0, 0.05) is 31.8 Å². The standard InChI is InChI=1S/C31H25BrF3N3O7S2/c1-11(29(42)43)38-27(40)22-16-9-17(23(22)28(38)41)24-21(16)20(25-26(46-24)37-30(44)47-25)15-8-13(32)5-6-18(15)45-10-19(39)36-14-4-2-3-12(7-14)31(33,34)35/h2-8,11,16-17,20-24H,9-10H2,1H3,(H,36,39)(H,37,44)(H,42,43)/t11?,16?,17?,20-,21?,22?,23?,24?/m1/s1. The summed E-state index contributed by atoms with van der Waals surface area (Å²) in [5, 5.41) is 12.5. The zero-order valence-electron chi connectivity index (χ0n) is 24.2. The monoisotopic (exact) mass is 751 g/mol. The van der Waals surface area contributed by atoms with Gasteiger partial charge >= 0.3 is 17.0 Å². The Kier molecular flexibility index (Phi) is 7.82. The van der Waals surface area contributed by atoms with Crippen molar-refractivity contribution < 1.29 is 42.2 Å². The number of carbonyl (C=O) groups is 4. The Labute approximate surface area is 281 Å². The number of halogens is 4. The zero-order valence-corrected chi connectivity index (χ0v) is 27.5. The molecule has 4 aliphatic rings. The van der Waals surface area contributed by atoms with E-state index in [9.17, 15) is 42.3 Å². The molecule has 2 aromatic carbocycles. The number of aromatic nitrogens is 1. The number of amides is 3. The van der Waals surface area contributed by atoms with E-state index in [2.05, 4.69) is 26.2 Å². The number of aromatic amines is 1. The number of benzene rings is 2. The number of carboxylic acid groups (broad SMARTS) is 1. The number of carbonyl (C=O) groups excluding carboxylic acids is 3. The molecule has 0 spiro atoms. The maximum Gasteiger partial charge on any atom is 0.416 e. The van der Waals surface area contributed by atoms with Gasteiger partial charge in [0.25, 0.3) is 5.91 Å². The molecule has 7 unspecified atom stereocenters. The molecule has 10 nitrogen and oxygen atoms in total. The summed E-state index contributed by atoms with van der Waals surface area (Å²) in [7, 11) is 0. The third-order valence-corrected chi connectivity index (χ3v) is 12.7. The fourth-order valence-corrected chi connectivity index (χ4v) is 11.1. The minimum Gasteiger partial charge on any atom is -0.483 e. The number of ether oxygens (including phenoxy) is 1. The number of thiazole rings is 1. The number of imide groups is 1. The lowest BCUT2D eigenvalue weighted by atomic mass is 9.68. The molecule has 3 heterocycles. The van der Waals surface area contributed by atoms with Gasteiger partial charge in [0.1, 0.15) is 11.8 Å². The number of nitrogens with zero attached hydrogens (tertiary/aromatic N) is 1. The predicted octanol–water partition coefficient (Wildman–Crippen LogP) is 5.18. The molecule has 1 saturated heterocycles. The van der Waals surface area contributed by atoms with Crippen molar-refractivity contribution in [2.24, 2.45) is 29.6 Å². The molecule has 0 radical (unpaired) electrons. The lowest BCUT2D eigenvalue weighted by Crippen LogP contribution is -2.44. The van der Waals surface area contributed by atoms with Crippen LogP contribution in [0.15, 0.2) is 56.8 Å². The van der Waals surface area contributed by atoms with E-state index in [1.165, 1.54) is 30.8 Å². The molecule has 2 saturated carbocycles. The molecular weight excluding hydrogens is 727 g/mol. The number of hydrogen-bond donors (Lipinski definition) is 3. The number of fused-ring (bicyclic) bond motifs is 9. The summed E-state index contributed by atoms with van der Waals surface area (Å²) in [5.41, 5.74) is -0.319. The fraction of sp³-hybridized carbons (Fsp3) is 0.387. The second kappa shape index (κ2) is 11.5. The Bertz CT molecular complexity index is 1900.